The molecule has 0 fully saturated rings. The van der Waals surface area contributed by atoms with Gasteiger partial charge in [-0.1, -0.05) is 30.4 Å². The minimum Gasteiger partial charge on any atom is -0.355 e. The number of carbonyl (C=O) groups excluding carboxylic acids is 3. The number of nitrogens with zero attached hydrogens (tertiary/aromatic N) is 3. The van der Waals surface area contributed by atoms with E-state index in [2.05, 4.69) is 5.32 Å². The summed E-state index contributed by atoms with van der Waals surface area (Å²) in [5, 5.41) is 2.61. The Morgan fingerprint density at radius 1 is 1.09 bits per heavy atom. The van der Waals surface area contributed by atoms with E-state index >= 15 is 0 Å². The highest BCUT2D eigenvalue weighted by atomic mass is 32.1. The van der Waals surface area contributed by atoms with Gasteiger partial charge in [-0.25, -0.2) is 4.98 Å². The maximum atomic E-state index is 12.7. The van der Waals surface area contributed by atoms with E-state index < -0.39 is 0 Å². The van der Waals surface area contributed by atoms with Crippen LogP contribution < -0.4 is 5.32 Å². The van der Waals surface area contributed by atoms with E-state index in [1.165, 1.54) is 16.2 Å². The lowest BCUT2D eigenvalue weighted by Gasteiger charge is -2.16. The van der Waals surface area contributed by atoms with Gasteiger partial charge in [0.1, 0.15) is 0 Å². The van der Waals surface area contributed by atoms with Crippen LogP contribution in [0.3, 0.4) is 0 Å². The second-order valence-electron chi connectivity index (χ2n) is 7.98. The lowest BCUT2D eigenvalue weighted by molar-refractivity contribution is -0.132. The third kappa shape index (κ3) is 4.01. The van der Waals surface area contributed by atoms with Gasteiger partial charge >= 0.3 is 0 Å². The Bertz CT molecular complexity index is 1330. The van der Waals surface area contributed by atoms with E-state index in [-0.39, 0.29) is 29.9 Å². The van der Waals surface area contributed by atoms with E-state index in [1.54, 1.807) is 40.2 Å². The Morgan fingerprint density at radius 2 is 1.78 bits per heavy atom. The van der Waals surface area contributed by atoms with E-state index in [1.807, 2.05) is 40.9 Å². The van der Waals surface area contributed by atoms with E-state index in [9.17, 15) is 14.4 Å². The lowest BCUT2D eigenvalue weighted by atomic mass is 9.98. The molecule has 164 valence electrons. The number of rotatable bonds is 6. The van der Waals surface area contributed by atoms with Crippen molar-refractivity contribution in [1.82, 2.24) is 19.6 Å². The monoisotopic (exact) mass is 448 g/mol. The van der Waals surface area contributed by atoms with Gasteiger partial charge in [-0.3, -0.25) is 18.8 Å². The molecule has 0 bridgehead atoms. The van der Waals surface area contributed by atoms with Crippen molar-refractivity contribution in [3.63, 3.8) is 0 Å². The van der Waals surface area contributed by atoms with Gasteiger partial charge < -0.3 is 10.2 Å². The normalized spacial score (nSPS) is 12.1. The fourth-order valence-corrected chi connectivity index (χ4v) is 4.72. The van der Waals surface area contributed by atoms with Crippen LogP contribution in [-0.2, 0) is 4.79 Å². The first-order valence-corrected chi connectivity index (χ1v) is 11.1. The molecule has 0 aliphatic rings. The van der Waals surface area contributed by atoms with Crippen molar-refractivity contribution in [3.8, 4) is 11.3 Å². The van der Waals surface area contributed by atoms with Crippen LogP contribution in [-0.4, -0.2) is 53.0 Å². The standard InChI is InChI=1S/C24H24N4O3S/c1-14(23(31)27(3)4)11-20(29)17-9-10-19-21(12-17)32-24-26-18(13-28(19)24)15-5-7-16(8-6-15)22(30)25-2/h5-10,12-14H,11H2,1-4H3,(H,25,30). The second kappa shape index (κ2) is 8.55. The molecule has 0 spiro atoms. The molecule has 0 aliphatic heterocycles. The number of nitrogens with one attached hydrogen (secondary N) is 1. The molecule has 2 amide bonds. The van der Waals surface area contributed by atoms with Crippen molar-refractivity contribution < 1.29 is 14.4 Å². The largest absolute Gasteiger partial charge is 0.355 e. The highest BCUT2D eigenvalue weighted by Crippen LogP contribution is 2.30. The number of carbonyl (C=O) groups is 3. The molecule has 0 radical (unpaired) electrons. The molecule has 1 unspecified atom stereocenters. The number of fused-ring (bicyclic) bond motifs is 3. The van der Waals surface area contributed by atoms with Gasteiger partial charge in [0.15, 0.2) is 10.7 Å². The number of benzene rings is 2. The van der Waals surface area contributed by atoms with E-state index in [0.717, 1.165) is 26.4 Å². The Balaban J connectivity index is 1.59. The average molecular weight is 449 g/mol. The molecule has 4 aromatic rings. The summed E-state index contributed by atoms with van der Waals surface area (Å²) in [6, 6.07) is 12.9. The molecular formula is C24H24N4O3S. The van der Waals surface area contributed by atoms with E-state index in [4.69, 9.17) is 4.98 Å². The van der Waals surface area contributed by atoms with Gasteiger partial charge in [0.25, 0.3) is 5.91 Å². The zero-order valence-corrected chi connectivity index (χ0v) is 19.2. The summed E-state index contributed by atoms with van der Waals surface area (Å²) in [5.74, 6) is -0.576. The highest BCUT2D eigenvalue weighted by molar-refractivity contribution is 7.23. The molecule has 2 heterocycles. The molecule has 8 heteroatoms. The predicted molar refractivity (Wildman–Crippen MR) is 126 cm³/mol. The number of hydrogen-bond donors (Lipinski definition) is 1. The quantitative estimate of drug-likeness (QED) is 0.454. The maximum Gasteiger partial charge on any atom is 0.251 e. The van der Waals surface area contributed by atoms with Gasteiger partial charge in [0.2, 0.25) is 5.91 Å². The summed E-state index contributed by atoms with van der Waals surface area (Å²) in [5.41, 5.74) is 3.91. The summed E-state index contributed by atoms with van der Waals surface area (Å²) >= 11 is 1.51. The number of aromatic nitrogens is 2. The van der Waals surface area contributed by atoms with Gasteiger partial charge in [0, 0.05) is 56.4 Å². The summed E-state index contributed by atoms with van der Waals surface area (Å²) in [6.45, 7) is 1.78. The van der Waals surface area contributed by atoms with Crippen LogP contribution in [0, 0.1) is 5.92 Å². The molecule has 32 heavy (non-hydrogen) atoms. The van der Waals surface area contributed by atoms with Gasteiger partial charge in [-0.15, -0.1) is 0 Å². The number of Topliss-reactive ketones (excluding diaryl/α,β-unsaturated/α-hetero) is 1. The zero-order valence-electron chi connectivity index (χ0n) is 18.4. The Kier molecular flexibility index (Phi) is 5.80. The van der Waals surface area contributed by atoms with Crippen molar-refractivity contribution in [3.05, 3.63) is 59.8 Å². The fraction of sp³-hybridized carbons (Fsp3) is 0.250. The maximum absolute atomic E-state index is 12.7. The molecule has 7 nitrogen and oxygen atoms in total. The molecule has 0 saturated heterocycles. The van der Waals surface area contributed by atoms with Crippen molar-refractivity contribution in [1.29, 1.82) is 0 Å². The van der Waals surface area contributed by atoms with Gasteiger partial charge in [-0.2, -0.15) is 0 Å². The molecule has 4 rings (SSSR count). The number of ketones is 1. The number of imidazole rings is 1. The molecule has 1 N–H and O–H groups in total. The third-order valence-electron chi connectivity index (χ3n) is 5.44. The predicted octanol–water partition coefficient (Wildman–Crippen LogP) is 3.87. The number of thiazole rings is 1. The van der Waals surface area contributed by atoms with Gasteiger partial charge in [0.05, 0.1) is 15.9 Å². The Hall–Kier alpha value is -3.52. The van der Waals surface area contributed by atoms with Crippen LogP contribution in [0.15, 0.2) is 48.7 Å². The molecule has 1 atom stereocenters. The summed E-state index contributed by atoms with van der Waals surface area (Å²) in [7, 11) is 5.00. The van der Waals surface area contributed by atoms with Crippen LogP contribution in [0.5, 0.6) is 0 Å². The van der Waals surface area contributed by atoms with Crippen molar-refractivity contribution >= 4 is 44.1 Å². The minimum atomic E-state index is -0.355. The van der Waals surface area contributed by atoms with Crippen molar-refractivity contribution in [2.45, 2.75) is 13.3 Å². The van der Waals surface area contributed by atoms with Crippen LogP contribution in [0.2, 0.25) is 0 Å². The SMILES string of the molecule is CNC(=O)c1ccc(-c2cn3c(n2)sc2cc(C(=O)CC(C)C(=O)N(C)C)ccc23)cc1. The molecule has 0 aliphatic carbocycles. The first-order chi connectivity index (χ1) is 15.3. The second-order valence-corrected chi connectivity index (χ2v) is 8.99. The Labute approximate surface area is 189 Å². The minimum absolute atomic E-state index is 0.0439. The topological polar surface area (TPSA) is 83.8 Å². The average Bonchev–Trinajstić information content (AvgIpc) is 3.35. The molecule has 0 saturated carbocycles. The molecular weight excluding hydrogens is 424 g/mol. The van der Waals surface area contributed by atoms with Crippen LogP contribution in [0.4, 0.5) is 0 Å². The van der Waals surface area contributed by atoms with Crippen LogP contribution in [0.1, 0.15) is 34.1 Å². The van der Waals surface area contributed by atoms with Crippen molar-refractivity contribution in [2.24, 2.45) is 5.92 Å². The van der Waals surface area contributed by atoms with Crippen LogP contribution >= 0.6 is 11.3 Å². The first-order valence-electron chi connectivity index (χ1n) is 10.3. The number of amides is 2. The fourth-order valence-electron chi connectivity index (χ4n) is 3.67. The van der Waals surface area contributed by atoms with E-state index in [0.29, 0.717) is 11.1 Å². The number of hydrogen-bond acceptors (Lipinski definition) is 5. The molecule has 2 aromatic heterocycles. The summed E-state index contributed by atoms with van der Waals surface area (Å²) in [6.07, 6.45) is 2.14. The highest BCUT2D eigenvalue weighted by Gasteiger charge is 2.20. The Morgan fingerprint density at radius 3 is 2.44 bits per heavy atom. The lowest BCUT2D eigenvalue weighted by Crippen LogP contribution is -2.29. The third-order valence-corrected chi connectivity index (χ3v) is 6.46. The summed E-state index contributed by atoms with van der Waals surface area (Å²) in [4.78, 5) is 43.6. The smallest absolute Gasteiger partial charge is 0.251 e. The zero-order chi connectivity index (χ0) is 23.0. The first kappa shape index (κ1) is 21.7. The van der Waals surface area contributed by atoms with Crippen molar-refractivity contribution in [2.75, 3.05) is 21.1 Å². The summed E-state index contributed by atoms with van der Waals surface area (Å²) < 4.78 is 2.97. The molecule has 2 aromatic carbocycles. The van der Waals surface area contributed by atoms with Crippen LogP contribution in [0.25, 0.3) is 26.4 Å². The van der Waals surface area contributed by atoms with Gasteiger partial charge in [-0.05, 0) is 30.3 Å².